The molecule has 3 aromatic rings. The third-order valence-electron chi connectivity index (χ3n) is 4.37. The number of para-hydroxylation sites is 2. The molecule has 3 aromatic carbocycles. The van der Waals surface area contributed by atoms with Crippen LogP contribution in [0, 0.1) is 6.92 Å². The van der Waals surface area contributed by atoms with Crippen LogP contribution < -0.4 is 20.1 Å². The van der Waals surface area contributed by atoms with Crippen LogP contribution in [0.15, 0.2) is 72.8 Å². The molecule has 0 unspecified atom stereocenters. The van der Waals surface area contributed by atoms with Crippen LogP contribution in [0.25, 0.3) is 0 Å². The molecule has 6 nitrogen and oxygen atoms in total. The number of hydrogen-bond acceptors (Lipinski definition) is 4. The van der Waals surface area contributed by atoms with Gasteiger partial charge in [-0.1, -0.05) is 24.3 Å². The molecule has 0 saturated heterocycles. The van der Waals surface area contributed by atoms with Gasteiger partial charge < -0.3 is 20.1 Å². The minimum absolute atomic E-state index is 0.158. The van der Waals surface area contributed by atoms with Crippen molar-refractivity contribution in [2.24, 2.45) is 0 Å². The fourth-order valence-corrected chi connectivity index (χ4v) is 2.84. The summed E-state index contributed by atoms with van der Waals surface area (Å²) in [4.78, 5) is 24.6. The lowest BCUT2D eigenvalue weighted by molar-refractivity contribution is -0.116. The van der Waals surface area contributed by atoms with Crippen LogP contribution in [0.3, 0.4) is 0 Å². The highest BCUT2D eigenvalue weighted by Crippen LogP contribution is 2.24. The zero-order valence-electron chi connectivity index (χ0n) is 17.0. The molecular weight excluding hydrogens is 380 g/mol. The summed E-state index contributed by atoms with van der Waals surface area (Å²) in [5, 5.41) is 5.62. The molecule has 0 saturated carbocycles. The van der Waals surface area contributed by atoms with Crippen molar-refractivity contribution in [2.75, 3.05) is 24.4 Å². The summed E-state index contributed by atoms with van der Waals surface area (Å²) < 4.78 is 10.8. The molecule has 30 heavy (non-hydrogen) atoms. The van der Waals surface area contributed by atoms with Gasteiger partial charge in [-0.05, 0) is 61.0 Å². The largest absolute Gasteiger partial charge is 0.495 e. The van der Waals surface area contributed by atoms with Crippen LogP contribution in [0.4, 0.5) is 11.4 Å². The zero-order valence-corrected chi connectivity index (χ0v) is 17.0. The van der Waals surface area contributed by atoms with Crippen molar-refractivity contribution in [3.63, 3.8) is 0 Å². The van der Waals surface area contributed by atoms with Gasteiger partial charge in [-0.2, -0.15) is 0 Å². The maximum absolute atomic E-state index is 12.4. The van der Waals surface area contributed by atoms with Gasteiger partial charge in [0, 0.05) is 11.3 Å². The second-order valence-electron chi connectivity index (χ2n) is 6.69. The Morgan fingerprint density at radius 1 is 0.900 bits per heavy atom. The number of carbonyl (C=O) groups is 2. The van der Waals surface area contributed by atoms with E-state index < -0.39 is 0 Å². The molecule has 0 aliphatic carbocycles. The van der Waals surface area contributed by atoms with Crippen LogP contribution in [-0.2, 0) is 4.79 Å². The maximum atomic E-state index is 12.4. The van der Waals surface area contributed by atoms with E-state index in [0.29, 0.717) is 22.7 Å². The van der Waals surface area contributed by atoms with Crippen molar-refractivity contribution in [1.29, 1.82) is 0 Å². The summed E-state index contributed by atoms with van der Waals surface area (Å²) in [5.74, 6) is 0.911. The van der Waals surface area contributed by atoms with E-state index >= 15 is 0 Å². The van der Waals surface area contributed by atoms with E-state index in [0.717, 1.165) is 11.3 Å². The Labute approximate surface area is 175 Å². The second kappa shape index (κ2) is 10.1. The van der Waals surface area contributed by atoms with Gasteiger partial charge >= 0.3 is 0 Å². The van der Waals surface area contributed by atoms with Gasteiger partial charge in [-0.25, -0.2) is 0 Å². The Balaban J connectivity index is 1.50. The van der Waals surface area contributed by atoms with Crippen LogP contribution in [-0.4, -0.2) is 25.5 Å². The van der Waals surface area contributed by atoms with Gasteiger partial charge in [0.1, 0.15) is 11.5 Å². The molecule has 0 spiro atoms. The molecule has 0 aliphatic rings. The number of benzene rings is 3. The molecule has 0 bridgehead atoms. The number of anilines is 2. The molecule has 154 valence electrons. The van der Waals surface area contributed by atoms with Crippen molar-refractivity contribution in [1.82, 2.24) is 0 Å². The average molecular weight is 404 g/mol. The van der Waals surface area contributed by atoms with Crippen molar-refractivity contribution in [2.45, 2.75) is 13.3 Å². The van der Waals surface area contributed by atoms with E-state index in [2.05, 4.69) is 10.6 Å². The first kappa shape index (κ1) is 20.9. The normalized spacial score (nSPS) is 10.2. The second-order valence-corrected chi connectivity index (χ2v) is 6.69. The minimum atomic E-state index is -0.260. The van der Waals surface area contributed by atoms with Crippen LogP contribution in [0.5, 0.6) is 11.5 Å². The first-order valence-corrected chi connectivity index (χ1v) is 9.59. The fourth-order valence-electron chi connectivity index (χ4n) is 2.84. The first-order valence-electron chi connectivity index (χ1n) is 9.59. The summed E-state index contributed by atoms with van der Waals surface area (Å²) in [7, 11) is 1.55. The number of aryl methyl sites for hydroxylation is 1. The monoisotopic (exact) mass is 404 g/mol. The molecule has 2 N–H and O–H groups in total. The molecule has 2 amide bonds. The lowest BCUT2D eigenvalue weighted by atomic mass is 10.2. The molecule has 0 heterocycles. The topological polar surface area (TPSA) is 76.7 Å². The number of hydrogen-bond donors (Lipinski definition) is 2. The summed E-state index contributed by atoms with van der Waals surface area (Å²) in [6.45, 7) is 2.27. The molecular formula is C24H24N2O4. The number of rotatable bonds is 8. The molecule has 6 heteroatoms. The highest BCUT2D eigenvalue weighted by atomic mass is 16.5. The van der Waals surface area contributed by atoms with Gasteiger partial charge in [0.25, 0.3) is 5.91 Å². The van der Waals surface area contributed by atoms with Gasteiger partial charge in [-0.15, -0.1) is 0 Å². The van der Waals surface area contributed by atoms with Gasteiger partial charge in [0.15, 0.2) is 0 Å². The Morgan fingerprint density at radius 2 is 1.67 bits per heavy atom. The fraction of sp³-hybridized carbons (Fsp3) is 0.167. The number of ether oxygens (including phenoxy) is 2. The van der Waals surface area contributed by atoms with Gasteiger partial charge in [-0.3, -0.25) is 9.59 Å². The van der Waals surface area contributed by atoms with Crippen molar-refractivity contribution in [3.05, 3.63) is 83.9 Å². The van der Waals surface area contributed by atoms with Crippen molar-refractivity contribution >= 4 is 23.2 Å². The van der Waals surface area contributed by atoms with Crippen LogP contribution in [0.1, 0.15) is 22.3 Å². The minimum Gasteiger partial charge on any atom is -0.495 e. The van der Waals surface area contributed by atoms with E-state index in [1.165, 1.54) is 0 Å². The Morgan fingerprint density at radius 3 is 2.40 bits per heavy atom. The molecule has 0 atom stereocenters. The summed E-state index contributed by atoms with van der Waals surface area (Å²) in [5.41, 5.74) is 2.79. The Bertz CT molecular complexity index is 1020. The smallest absolute Gasteiger partial charge is 0.255 e. The highest BCUT2D eigenvalue weighted by molar-refractivity contribution is 6.05. The molecule has 0 aromatic heterocycles. The number of amides is 2. The third kappa shape index (κ3) is 5.85. The predicted octanol–water partition coefficient (Wildman–Crippen LogP) is 4.66. The van der Waals surface area contributed by atoms with E-state index in [9.17, 15) is 9.59 Å². The standard InChI is InChI=1S/C24H24N2O4/c1-17-6-5-7-20(16-17)30-15-14-23(27)25-19-12-10-18(11-13-19)24(28)26-21-8-3-4-9-22(21)29-2/h3-13,16H,14-15H2,1-2H3,(H,25,27)(H,26,28). The quantitative estimate of drug-likeness (QED) is 0.572. The van der Waals surface area contributed by atoms with Gasteiger partial charge in [0.05, 0.1) is 25.8 Å². The number of nitrogens with one attached hydrogen (secondary N) is 2. The summed E-state index contributed by atoms with van der Waals surface area (Å²) >= 11 is 0. The van der Waals surface area contributed by atoms with E-state index in [4.69, 9.17) is 9.47 Å². The number of methoxy groups -OCH3 is 1. The maximum Gasteiger partial charge on any atom is 0.255 e. The Hall–Kier alpha value is -3.80. The SMILES string of the molecule is COc1ccccc1NC(=O)c1ccc(NC(=O)CCOc2cccc(C)c2)cc1. The Kier molecular flexibility index (Phi) is 7.05. The highest BCUT2D eigenvalue weighted by Gasteiger charge is 2.10. The third-order valence-corrected chi connectivity index (χ3v) is 4.37. The molecule has 0 fully saturated rings. The first-order chi connectivity index (χ1) is 14.5. The van der Waals surface area contributed by atoms with E-state index in [1.54, 1.807) is 43.5 Å². The van der Waals surface area contributed by atoms with Gasteiger partial charge in [0.2, 0.25) is 5.91 Å². The predicted molar refractivity (Wildman–Crippen MR) is 117 cm³/mol. The average Bonchev–Trinajstić information content (AvgIpc) is 2.74. The van der Waals surface area contributed by atoms with Crippen LogP contribution >= 0.6 is 0 Å². The molecule has 0 radical (unpaired) electrons. The lowest BCUT2D eigenvalue weighted by Gasteiger charge is -2.10. The van der Waals surface area contributed by atoms with E-state index in [-0.39, 0.29) is 24.8 Å². The van der Waals surface area contributed by atoms with E-state index in [1.807, 2.05) is 43.3 Å². The van der Waals surface area contributed by atoms with Crippen molar-refractivity contribution in [3.8, 4) is 11.5 Å². The van der Waals surface area contributed by atoms with Crippen molar-refractivity contribution < 1.29 is 19.1 Å². The zero-order chi connectivity index (χ0) is 21.3. The lowest BCUT2D eigenvalue weighted by Crippen LogP contribution is -2.16. The molecule has 3 rings (SSSR count). The summed E-state index contributed by atoms with van der Waals surface area (Å²) in [6, 6.07) is 21.6. The number of carbonyl (C=O) groups excluding carboxylic acids is 2. The summed E-state index contributed by atoms with van der Waals surface area (Å²) in [6.07, 6.45) is 0.226. The molecule has 0 aliphatic heterocycles. The van der Waals surface area contributed by atoms with Crippen LogP contribution in [0.2, 0.25) is 0 Å².